The van der Waals surface area contributed by atoms with Crippen LogP contribution in [0.4, 0.5) is 4.39 Å². The smallest absolute Gasteiger partial charge is 0.306 e. The molecule has 1 aliphatic carbocycles. The Morgan fingerprint density at radius 3 is 2.64 bits per heavy atom. The normalized spacial score (nSPS) is 15.5. The predicted molar refractivity (Wildman–Crippen MR) is 149 cm³/mol. The van der Waals surface area contributed by atoms with E-state index in [4.69, 9.17) is 21.6 Å². The lowest BCUT2D eigenvalue weighted by molar-refractivity contribution is -0.141. The Morgan fingerprint density at radius 2 is 1.87 bits per heavy atom. The summed E-state index contributed by atoms with van der Waals surface area (Å²) in [6.07, 6.45) is 4.37. The lowest BCUT2D eigenvalue weighted by Crippen LogP contribution is -2.31. The largest absolute Gasteiger partial charge is 0.481 e. The quantitative estimate of drug-likeness (QED) is 0.250. The molecule has 0 unspecified atom stereocenters. The van der Waals surface area contributed by atoms with E-state index in [0.29, 0.717) is 52.3 Å². The minimum Gasteiger partial charge on any atom is -0.481 e. The first kappa shape index (κ1) is 26.8. The van der Waals surface area contributed by atoms with Crippen molar-refractivity contribution in [1.29, 1.82) is 0 Å². The lowest BCUT2D eigenvalue weighted by atomic mass is 9.87. The Labute approximate surface area is 231 Å². The van der Waals surface area contributed by atoms with Gasteiger partial charge in [-0.05, 0) is 104 Å². The number of amides is 1. The molecule has 6 nitrogen and oxygen atoms in total. The van der Waals surface area contributed by atoms with Gasteiger partial charge in [-0.1, -0.05) is 24.6 Å². The number of halogens is 2. The lowest BCUT2D eigenvalue weighted by Gasteiger charge is -2.26. The van der Waals surface area contributed by atoms with Crippen molar-refractivity contribution in [2.45, 2.75) is 51.5 Å². The topological polar surface area (TPSA) is 92.2 Å². The molecule has 0 fully saturated rings. The minimum absolute atomic E-state index is 0.0899. The SMILES string of the molecule is C[C@@H](CCCc1nc2cc(C(=O)N[C@@H]3CCCc4cc(Cl)ccc43)ccc2nc1-c1ccc(F)cc1)C(=O)O. The van der Waals surface area contributed by atoms with Gasteiger partial charge in [-0.2, -0.15) is 0 Å². The number of carbonyl (C=O) groups excluding carboxylic acids is 1. The van der Waals surface area contributed by atoms with Crippen LogP contribution in [0.1, 0.15) is 65.8 Å². The zero-order chi connectivity index (χ0) is 27.5. The summed E-state index contributed by atoms with van der Waals surface area (Å²) in [6, 6.07) is 17.0. The second kappa shape index (κ2) is 11.5. The van der Waals surface area contributed by atoms with Crippen molar-refractivity contribution < 1.29 is 19.1 Å². The van der Waals surface area contributed by atoms with Crippen LogP contribution in [0, 0.1) is 11.7 Å². The van der Waals surface area contributed by atoms with E-state index in [1.807, 2.05) is 18.2 Å². The molecule has 5 rings (SSSR count). The van der Waals surface area contributed by atoms with Crippen LogP contribution in [0.3, 0.4) is 0 Å². The molecule has 3 aromatic carbocycles. The van der Waals surface area contributed by atoms with Crippen molar-refractivity contribution in [2.75, 3.05) is 0 Å². The fraction of sp³-hybridized carbons (Fsp3) is 0.290. The monoisotopic (exact) mass is 545 g/mol. The zero-order valence-corrected chi connectivity index (χ0v) is 22.3. The molecule has 200 valence electrons. The molecular formula is C31H29ClFN3O3. The maximum atomic E-state index is 13.6. The van der Waals surface area contributed by atoms with Crippen LogP contribution < -0.4 is 5.32 Å². The van der Waals surface area contributed by atoms with Gasteiger partial charge >= 0.3 is 5.97 Å². The van der Waals surface area contributed by atoms with Gasteiger partial charge in [-0.25, -0.2) is 14.4 Å². The molecule has 1 aromatic heterocycles. The molecule has 8 heteroatoms. The fourth-order valence-corrected chi connectivity index (χ4v) is 5.31. The maximum absolute atomic E-state index is 13.6. The number of hydrogen-bond acceptors (Lipinski definition) is 4. The summed E-state index contributed by atoms with van der Waals surface area (Å²) in [6.45, 7) is 1.68. The number of rotatable bonds is 8. The molecule has 0 saturated carbocycles. The van der Waals surface area contributed by atoms with Crippen molar-refractivity contribution >= 4 is 34.5 Å². The second-order valence-corrected chi connectivity index (χ2v) is 10.6. The predicted octanol–water partition coefficient (Wildman–Crippen LogP) is 6.94. The molecule has 1 heterocycles. The van der Waals surface area contributed by atoms with Crippen molar-refractivity contribution in [3.8, 4) is 11.3 Å². The molecule has 0 saturated heterocycles. The highest BCUT2D eigenvalue weighted by molar-refractivity contribution is 6.30. The van der Waals surface area contributed by atoms with Crippen LogP contribution in [0.25, 0.3) is 22.3 Å². The van der Waals surface area contributed by atoms with Gasteiger partial charge in [-0.3, -0.25) is 9.59 Å². The maximum Gasteiger partial charge on any atom is 0.306 e. The molecule has 4 aromatic rings. The Morgan fingerprint density at radius 1 is 1.08 bits per heavy atom. The van der Waals surface area contributed by atoms with E-state index < -0.39 is 11.9 Å². The Hall–Kier alpha value is -3.84. The number of benzene rings is 3. The summed E-state index contributed by atoms with van der Waals surface area (Å²) >= 11 is 6.17. The van der Waals surface area contributed by atoms with Crippen molar-refractivity contribution in [2.24, 2.45) is 5.92 Å². The van der Waals surface area contributed by atoms with Crippen molar-refractivity contribution in [1.82, 2.24) is 15.3 Å². The Balaban J connectivity index is 1.43. The van der Waals surface area contributed by atoms with Gasteiger partial charge in [0.1, 0.15) is 5.82 Å². The molecule has 2 N–H and O–H groups in total. The van der Waals surface area contributed by atoms with E-state index in [9.17, 15) is 19.1 Å². The van der Waals surface area contributed by atoms with E-state index in [1.165, 1.54) is 17.7 Å². The van der Waals surface area contributed by atoms with Gasteiger partial charge in [0.15, 0.2) is 0 Å². The van der Waals surface area contributed by atoms with Crippen LogP contribution in [-0.2, 0) is 17.6 Å². The number of carboxylic acids is 1. The number of hydrogen-bond donors (Lipinski definition) is 2. The average Bonchev–Trinajstić information content (AvgIpc) is 2.92. The van der Waals surface area contributed by atoms with Crippen LogP contribution in [0.2, 0.25) is 5.02 Å². The molecule has 1 amide bonds. The van der Waals surface area contributed by atoms with Gasteiger partial charge in [0.05, 0.1) is 34.4 Å². The highest BCUT2D eigenvalue weighted by Gasteiger charge is 2.23. The van der Waals surface area contributed by atoms with Crippen molar-refractivity contribution in [3.63, 3.8) is 0 Å². The van der Waals surface area contributed by atoms with Gasteiger partial charge in [-0.15, -0.1) is 0 Å². The third-order valence-corrected chi connectivity index (χ3v) is 7.55. The summed E-state index contributed by atoms with van der Waals surface area (Å²) in [7, 11) is 0. The highest BCUT2D eigenvalue weighted by Crippen LogP contribution is 2.32. The number of aryl methyl sites for hydroxylation is 2. The standard InChI is InChI=1S/C31H29ClFN3O3/c1-18(31(38)39)4-2-7-27-29(19-8-12-23(33)13-9-19)35-26-15-10-21(17-28(26)34-27)30(37)36-25-6-3-5-20-16-22(32)11-14-24(20)25/h8-18,25H,2-7H2,1H3,(H,36,37)(H,38,39)/t18-,25+/m0/s1. The fourth-order valence-electron chi connectivity index (χ4n) is 5.12. The van der Waals surface area contributed by atoms with Crippen molar-refractivity contribution in [3.05, 3.63) is 93.9 Å². The number of fused-ring (bicyclic) bond motifs is 2. The zero-order valence-electron chi connectivity index (χ0n) is 21.6. The Kier molecular flexibility index (Phi) is 7.89. The molecule has 0 aliphatic heterocycles. The molecule has 0 spiro atoms. The van der Waals surface area contributed by atoms with E-state index in [-0.39, 0.29) is 17.8 Å². The molecule has 2 atom stereocenters. The number of nitrogens with zero attached hydrogens (tertiary/aromatic N) is 2. The van der Waals surface area contributed by atoms with Gasteiger partial charge in [0.25, 0.3) is 5.91 Å². The van der Waals surface area contributed by atoms with E-state index in [1.54, 1.807) is 37.3 Å². The first-order chi connectivity index (χ1) is 18.8. The summed E-state index contributed by atoms with van der Waals surface area (Å²) < 4.78 is 13.6. The van der Waals surface area contributed by atoms with E-state index in [0.717, 1.165) is 30.4 Å². The first-order valence-electron chi connectivity index (χ1n) is 13.2. The van der Waals surface area contributed by atoms with Crippen LogP contribution in [0.15, 0.2) is 60.7 Å². The number of carboxylic acid groups (broad SMARTS) is 1. The highest BCUT2D eigenvalue weighted by atomic mass is 35.5. The third kappa shape index (κ3) is 6.09. The number of aromatic nitrogens is 2. The molecule has 1 aliphatic rings. The Bertz CT molecular complexity index is 1540. The number of carbonyl (C=O) groups is 2. The first-order valence-corrected chi connectivity index (χ1v) is 13.5. The third-order valence-electron chi connectivity index (χ3n) is 7.31. The van der Waals surface area contributed by atoms with E-state index >= 15 is 0 Å². The second-order valence-electron chi connectivity index (χ2n) is 10.1. The summed E-state index contributed by atoms with van der Waals surface area (Å²) in [5.41, 5.74) is 5.97. The minimum atomic E-state index is -0.835. The molecular weight excluding hydrogens is 517 g/mol. The molecule has 0 bridgehead atoms. The molecule has 39 heavy (non-hydrogen) atoms. The number of nitrogens with one attached hydrogen (secondary N) is 1. The van der Waals surface area contributed by atoms with Gasteiger partial charge in [0, 0.05) is 16.1 Å². The summed E-state index contributed by atoms with van der Waals surface area (Å²) in [5.74, 6) is -1.84. The van der Waals surface area contributed by atoms with Crippen LogP contribution >= 0.6 is 11.6 Å². The van der Waals surface area contributed by atoms with Crippen LogP contribution in [0.5, 0.6) is 0 Å². The summed E-state index contributed by atoms with van der Waals surface area (Å²) in [4.78, 5) is 34.2. The van der Waals surface area contributed by atoms with Gasteiger partial charge < -0.3 is 10.4 Å². The summed E-state index contributed by atoms with van der Waals surface area (Å²) in [5, 5.41) is 13.1. The van der Waals surface area contributed by atoms with Gasteiger partial charge in [0.2, 0.25) is 0 Å². The van der Waals surface area contributed by atoms with Crippen LogP contribution in [-0.4, -0.2) is 27.0 Å². The average molecular weight is 546 g/mol. The van der Waals surface area contributed by atoms with E-state index in [2.05, 4.69) is 5.32 Å². The molecule has 0 radical (unpaired) electrons. The number of aliphatic carboxylic acids is 1.